The van der Waals surface area contributed by atoms with Crippen LogP contribution in [0.2, 0.25) is 0 Å². The molecule has 0 saturated carbocycles. The molecule has 0 atom stereocenters. The number of aromatic carboxylic acids is 1. The van der Waals surface area contributed by atoms with Crippen molar-refractivity contribution in [3.63, 3.8) is 0 Å². The average molecular weight is 479 g/mol. The van der Waals surface area contributed by atoms with Crippen molar-refractivity contribution in [3.05, 3.63) is 62.6 Å². The van der Waals surface area contributed by atoms with Crippen molar-refractivity contribution >= 4 is 39.9 Å². The SMILES string of the molecule is Cc1cc(N2CC(C(=O)Cc3cc(C)n(C)n3)C2)nc2c1c(=O)c(C(=O)O)cn2-c1nccs1. The highest BCUT2D eigenvalue weighted by molar-refractivity contribution is 7.12. The predicted molar refractivity (Wildman–Crippen MR) is 127 cm³/mol. The lowest BCUT2D eigenvalue weighted by Crippen LogP contribution is -2.51. The maximum atomic E-state index is 12.9. The third kappa shape index (κ3) is 3.67. The molecule has 0 aromatic carbocycles. The summed E-state index contributed by atoms with van der Waals surface area (Å²) in [6.07, 6.45) is 3.18. The Morgan fingerprint density at radius 1 is 1.24 bits per heavy atom. The number of rotatable bonds is 6. The quantitative estimate of drug-likeness (QED) is 0.447. The average Bonchev–Trinajstić information content (AvgIpc) is 3.36. The lowest BCUT2D eigenvalue weighted by atomic mass is 9.92. The maximum absolute atomic E-state index is 12.9. The molecule has 34 heavy (non-hydrogen) atoms. The summed E-state index contributed by atoms with van der Waals surface area (Å²) < 4.78 is 3.31. The smallest absolute Gasteiger partial charge is 0.341 e. The van der Waals surface area contributed by atoms with Crippen molar-refractivity contribution in [2.24, 2.45) is 13.0 Å². The first-order valence-corrected chi connectivity index (χ1v) is 11.6. The second-order valence-corrected chi connectivity index (χ2v) is 9.38. The van der Waals surface area contributed by atoms with Gasteiger partial charge in [-0.3, -0.25) is 18.8 Å². The van der Waals surface area contributed by atoms with Crippen LogP contribution in [0.4, 0.5) is 5.82 Å². The van der Waals surface area contributed by atoms with Gasteiger partial charge in [0, 0.05) is 43.6 Å². The van der Waals surface area contributed by atoms with Gasteiger partial charge in [0.1, 0.15) is 17.2 Å². The van der Waals surface area contributed by atoms with Gasteiger partial charge in [-0.25, -0.2) is 14.8 Å². The number of thiazole rings is 1. The highest BCUT2D eigenvalue weighted by Gasteiger charge is 2.34. The number of nitrogens with zero attached hydrogens (tertiary/aromatic N) is 6. The van der Waals surface area contributed by atoms with Gasteiger partial charge in [0.15, 0.2) is 10.8 Å². The molecule has 0 radical (unpaired) electrons. The van der Waals surface area contributed by atoms with E-state index in [1.807, 2.05) is 24.9 Å². The van der Waals surface area contributed by atoms with Gasteiger partial charge in [0.05, 0.1) is 23.4 Å². The molecule has 5 heterocycles. The van der Waals surface area contributed by atoms with Crippen molar-refractivity contribution < 1.29 is 14.7 Å². The van der Waals surface area contributed by atoms with Crippen LogP contribution in [0.3, 0.4) is 0 Å². The number of ketones is 1. The molecule has 0 amide bonds. The first-order valence-electron chi connectivity index (χ1n) is 10.7. The van der Waals surface area contributed by atoms with Crippen LogP contribution in [0, 0.1) is 19.8 Å². The molecule has 1 aliphatic rings. The number of carbonyl (C=O) groups excluding carboxylic acids is 1. The molecule has 1 N–H and O–H groups in total. The number of pyridine rings is 2. The fourth-order valence-corrected chi connectivity index (χ4v) is 4.80. The van der Waals surface area contributed by atoms with Crippen molar-refractivity contribution in [3.8, 4) is 5.13 Å². The Bertz CT molecular complexity index is 1480. The zero-order valence-electron chi connectivity index (χ0n) is 18.8. The summed E-state index contributed by atoms with van der Waals surface area (Å²) >= 11 is 1.32. The second kappa shape index (κ2) is 8.17. The van der Waals surface area contributed by atoms with Crippen LogP contribution < -0.4 is 10.3 Å². The number of carboxylic acids is 1. The van der Waals surface area contributed by atoms with Crippen LogP contribution in [0.15, 0.2) is 34.7 Å². The molecule has 4 aromatic heterocycles. The van der Waals surface area contributed by atoms with Gasteiger partial charge in [-0.2, -0.15) is 5.10 Å². The second-order valence-electron chi connectivity index (χ2n) is 8.50. The highest BCUT2D eigenvalue weighted by atomic mass is 32.1. The summed E-state index contributed by atoms with van der Waals surface area (Å²) in [7, 11) is 1.85. The van der Waals surface area contributed by atoms with Crippen molar-refractivity contribution in [1.29, 1.82) is 0 Å². The van der Waals surface area contributed by atoms with Gasteiger partial charge >= 0.3 is 5.97 Å². The minimum absolute atomic E-state index is 0.115. The van der Waals surface area contributed by atoms with Gasteiger partial charge in [-0.1, -0.05) is 0 Å². The van der Waals surface area contributed by atoms with E-state index in [1.54, 1.807) is 33.8 Å². The van der Waals surface area contributed by atoms with E-state index >= 15 is 0 Å². The number of carboxylic acid groups (broad SMARTS) is 1. The Hall–Kier alpha value is -3.86. The Labute approximate surface area is 198 Å². The van der Waals surface area contributed by atoms with Gasteiger partial charge in [0.25, 0.3) is 0 Å². The van der Waals surface area contributed by atoms with Gasteiger partial charge in [0.2, 0.25) is 5.43 Å². The van der Waals surface area contributed by atoms with Crippen LogP contribution in [0.5, 0.6) is 0 Å². The third-order valence-corrected chi connectivity index (χ3v) is 6.95. The van der Waals surface area contributed by atoms with Crippen LogP contribution in [0.1, 0.15) is 27.3 Å². The molecule has 4 aromatic rings. The molecule has 1 aliphatic heterocycles. The molecule has 0 aliphatic carbocycles. The van der Waals surface area contributed by atoms with E-state index in [1.165, 1.54) is 17.5 Å². The Morgan fingerprint density at radius 3 is 2.62 bits per heavy atom. The van der Waals surface area contributed by atoms with E-state index in [2.05, 4.69) is 10.1 Å². The fourth-order valence-electron chi connectivity index (χ4n) is 4.19. The highest BCUT2D eigenvalue weighted by Crippen LogP contribution is 2.29. The molecule has 0 spiro atoms. The number of Topliss-reactive ketones (excluding diaryl/α,β-unsaturated/α-hetero) is 1. The van der Waals surface area contributed by atoms with Gasteiger partial charge in [-0.15, -0.1) is 11.3 Å². The Balaban J connectivity index is 1.46. The van der Waals surface area contributed by atoms with E-state index in [0.717, 1.165) is 11.4 Å². The molecular formula is C23H22N6O4S. The minimum Gasteiger partial charge on any atom is -0.477 e. The molecule has 0 unspecified atom stereocenters. The molecule has 5 rings (SSSR count). The number of aromatic nitrogens is 5. The van der Waals surface area contributed by atoms with Crippen LogP contribution in [-0.4, -0.2) is 54.3 Å². The molecular weight excluding hydrogens is 456 g/mol. The summed E-state index contributed by atoms with van der Waals surface area (Å²) in [6.45, 7) is 4.76. The number of hydrogen-bond donors (Lipinski definition) is 1. The number of hydrogen-bond acceptors (Lipinski definition) is 8. The number of anilines is 1. The van der Waals surface area contributed by atoms with Crippen LogP contribution in [-0.2, 0) is 18.3 Å². The molecule has 10 nitrogen and oxygen atoms in total. The van der Waals surface area contributed by atoms with Gasteiger partial charge in [-0.05, 0) is 31.5 Å². The molecule has 11 heteroatoms. The molecule has 1 fully saturated rings. The topological polar surface area (TPSA) is 123 Å². The lowest BCUT2D eigenvalue weighted by Gasteiger charge is -2.39. The summed E-state index contributed by atoms with van der Waals surface area (Å²) in [6, 6.07) is 3.69. The Kier molecular flexibility index (Phi) is 5.28. The lowest BCUT2D eigenvalue weighted by molar-refractivity contribution is -0.123. The number of carbonyl (C=O) groups is 2. The van der Waals surface area contributed by atoms with Crippen molar-refractivity contribution in [2.75, 3.05) is 18.0 Å². The predicted octanol–water partition coefficient (Wildman–Crippen LogP) is 2.14. The van der Waals surface area contributed by atoms with Crippen molar-refractivity contribution in [2.45, 2.75) is 20.3 Å². The maximum Gasteiger partial charge on any atom is 0.341 e. The first-order chi connectivity index (χ1) is 16.2. The van der Waals surface area contributed by atoms with E-state index in [0.29, 0.717) is 41.7 Å². The molecule has 174 valence electrons. The number of fused-ring (bicyclic) bond motifs is 1. The zero-order valence-corrected chi connectivity index (χ0v) is 19.7. The minimum atomic E-state index is -1.30. The normalized spacial score (nSPS) is 13.9. The van der Waals surface area contributed by atoms with Crippen LogP contribution in [0.25, 0.3) is 16.2 Å². The summed E-state index contributed by atoms with van der Waals surface area (Å²) in [4.78, 5) is 48.3. The van der Waals surface area contributed by atoms with Crippen LogP contribution >= 0.6 is 11.3 Å². The van der Waals surface area contributed by atoms with E-state index in [-0.39, 0.29) is 22.7 Å². The van der Waals surface area contributed by atoms with E-state index in [9.17, 15) is 19.5 Å². The standard InChI is InChI=1S/C23H22N6O4S/c1-12-6-18(28-9-14(10-28)17(30)8-15-7-13(2)27(3)26-15)25-21-19(12)20(31)16(22(32)33)11-29(21)23-24-4-5-34-23/h4-7,11,14H,8-10H2,1-3H3,(H,32,33). The largest absolute Gasteiger partial charge is 0.477 e. The molecule has 0 bridgehead atoms. The van der Waals surface area contributed by atoms with E-state index < -0.39 is 11.4 Å². The first kappa shape index (κ1) is 22.0. The summed E-state index contributed by atoms with van der Waals surface area (Å²) in [5.41, 5.74) is 1.83. The van der Waals surface area contributed by atoms with Gasteiger partial charge < -0.3 is 10.0 Å². The Morgan fingerprint density at radius 2 is 2.00 bits per heavy atom. The zero-order chi connectivity index (χ0) is 24.1. The monoisotopic (exact) mass is 478 g/mol. The molecule has 1 saturated heterocycles. The number of aryl methyl sites for hydroxylation is 3. The van der Waals surface area contributed by atoms with E-state index in [4.69, 9.17) is 4.98 Å². The summed E-state index contributed by atoms with van der Waals surface area (Å²) in [5.74, 6) is -0.642. The fraction of sp³-hybridized carbons (Fsp3) is 0.304. The van der Waals surface area contributed by atoms with Crippen molar-refractivity contribution in [1.82, 2.24) is 24.3 Å². The summed E-state index contributed by atoms with van der Waals surface area (Å²) in [5, 5.41) is 16.4. The third-order valence-electron chi connectivity index (χ3n) is 6.18.